The summed E-state index contributed by atoms with van der Waals surface area (Å²) in [5.41, 5.74) is 0. The first kappa shape index (κ1) is 56.6. The van der Waals surface area contributed by atoms with Gasteiger partial charge in [0.1, 0.15) is 48.8 Å². The second-order valence-corrected chi connectivity index (χ2v) is 16.5. The molecule has 12 unspecified atom stereocenters. The fourth-order valence-electron chi connectivity index (χ4n) is 7.22. The minimum atomic E-state index is -1.80. The summed E-state index contributed by atoms with van der Waals surface area (Å²) in [7, 11) is 0. The van der Waals surface area contributed by atoms with Crippen molar-refractivity contribution in [1.82, 2.24) is 5.32 Å². The van der Waals surface area contributed by atoms with Gasteiger partial charge in [-0.2, -0.15) is 0 Å². The number of allylic oxidation sites excluding steroid dienone is 11. The third kappa shape index (κ3) is 23.4. The van der Waals surface area contributed by atoms with Crippen molar-refractivity contribution in [2.75, 3.05) is 19.8 Å². The first-order valence-electron chi connectivity index (χ1n) is 23.7. The van der Waals surface area contributed by atoms with Crippen LogP contribution in [-0.2, 0) is 23.7 Å². The lowest BCUT2D eigenvalue weighted by Gasteiger charge is -2.46. The van der Waals surface area contributed by atoms with Gasteiger partial charge >= 0.3 is 0 Å². The Kier molecular flexibility index (Phi) is 32.0. The van der Waals surface area contributed by atoms with Gasteiger partial charge in [-0.1, -0.05) is 125 Å². The largest absolute Gasteiger partial charge is 0.394 e. The molecule has 0 aliphatic carbocycles. The third-order valence-electron chi connectivity index (χ3n) is 11.1. The van der Waals surface area contributed by atoms with Gasteiger partial charge in [0.15, 0.2) is 12.6 Å². The molecule has 0 aromatic heterocycles. The van der Waals surface area contributed by atoms with Gasteiger partial charge in [-0.25, -0.2) is 0 Å². The molecule has 14 nitrogen and oxygen atoms in total. The van der Waals surface area contributed by atoms with E-state index in [1.165, 1.54) is 38.5 Å². The van der Waals surface area contributed by atoms with Crippen molar-refractivity contribution < 1.29 is 64.6 Å². The van der Waals surface area contributed by atoms with Gasteiger partial charge in [0.2, 0.25) is 5.91 Å². The molecule has 0 bridgehead atoms. The van der Waals surface area contributed by atoms with E-state index in [9.17, 15) is 45.6 Å². The second-order valence-electron chi connectivity index (χ2n) is 16.5. The fourth-order valence-corrected chi connectivity index (χ4v) is 7.22. The van der Waals surface area contributed by atoms with Gasteiger partial charge in [0.25, 0.3) is 0 Å². The van der Waals surface area contributed by atoms with Gasteiger partial charge in [-0.15, -0.1) is 0 Å². The molecule has 0 radical (unpaired) electrons. The molecule has 2 heterocycles. The molecular weight excluding hydrogens is 811 g/mol. The Balaban J connectivity index is 1.93. The maximum Gasteiger partial charge on any atom is 0.220 e. The predicted molar refractivity (Wildman–Crippen MR) is 244 cm³/mol. The lowest BCUT2D eigenvalue weighted by atomic mass is 9.97. The number of unbranched alkanes of at least 4 members (excludes halogenated alkanes) is 11. The van der Waals surface area contributed by atoms with E-state index in [2.05, 4.69) is 79.9 Å². The van der Waals surface area contributed by atoms with Gasteiger partial charge in [0.05, 0.1) is 32.0 Å². The van der Waals surface area contributed by atoms with Crippen molar-refractivity contribution in [2.45, 2.75) is 209 Å². The smallest absolute Gasteiger partial charge is 0.220 e. The number of amides is 1. The highest BCUT2D eigenvalue weighted by atomic mass is 16.7. The molecule has 362 valence electrons. The number of aliphatic hydroxyl groups excluding tert-OH is 8. The van der Waals surface area contributed by atoms with Crippen LogP contribution in [0.1, 0.15) is 136 Å². The molecule has 2 saturated heterocycles. The molecule has 9 N–H and O–H groups in total. The highest BCUT2D eigenvalue weighted by molar-refractivity contribution is 5.76. The summed E-state index contributed by atoms with van der Waals surface area (Å²) in [5.74, 6) is -0.288. The van der Waals surface area contributed by atoms with Gasteiger partial charge < -0.3 is 65.1 Å². The van der Waals surface area contributed by atoms with E-state index < -0.39 is 86.8 Å². The normalized spacial score (nSPS) is 28.2. The van der Waals surface area contributed by atoms with Crippen LogP contribution < -0.4 is 5.32 Å². The molecule has 0 aromatic carbocycles. The van der Waals surface area contributed by atoms with Crippen molar-refractivity contribution in [1.29, 1.82) is 0 Å². The summed E-state index contributed by atoms with van der Waals surface area (Å²) in [6, 6.07) is -0.954. The zero-order valence-corrected chi connectivity index (χ0v) is 38.0. The first-order valence-corrected chi connectivity index (χ1v) is 23.7. The number of nitrogens with one attached hydrogen (secondary N) is 1. The van der Waals surface area contributed by atoms with Crippen LogP contribution in [-0.4, -0.2) is 140 Å². The average molecular weight is 894 g/mol. The van der Waals surface area contributed by atoms with Crippen LogP contribution in [0.2, 0.25) is 0 Å². The van der Waals surface area contributed by atoms with Crippen LogP contribution in [0, 0.1) is 0 Å². The molecule has 2 rings (SSSR count). The van der Waals surface area contributed by atoms with E-state index >= 15 is 0 Å². The van der Waals surface area contributed by atoms with E-state index in [-0.39, 0.29) is 18.9 Å². The number of ether oxygens (including phenoxy) is 4. The minimum absolute atomic E-state index is 0.231. The van der Waals surface area contributed by atoms with Crippen molar-refractivity contribution >= 4 is 5.91 Å². The van der Waals surface area contributed by atoms with Crippen molar-refractivity contribution in [2.24, 2.45) is 0 Å². The minimum Gasteiger partial charge on any atom is -0.394 e. The Labute approximate surface area is 377 Å². The van der Waals surface area contributed by atoms with E-state index in [0.717, 1.165) is 64.2 Å². The number of hydrogen-bond acceptors (Lipinski definition) is 13. The molecule has 14 heteroatoms. The Morgan fingerprint density at radius 3 is 1.75 bits per heavy atom. The molecule has 2 fully saturated rings. The predicted octanol–water partition coefficient (Wildman–Crippen LogP) is 5.26. The number of rotatable bonds is 34. The quantitative estimate of drug-likeness (QED) is 0.0297. The molecule has 1 amide bonds. The average Bonchev–Trinajstić information content (AvgIpc) is 3.28. The number of carbonyl (C=O) groups excluding carboxylic acids is 1. The molecule has 63 heavy (non-hydrogen) atoms. The SMILES string of the molecule is CC/C=C\C/C=C\C/C=C\CCCCCC(=O)NC(COC1OC(CO)C(OC2OC(CO)C(O)C(O)C2O)C(O)C1O)C(O)/C=C/CC/C=C/CC/C=C/CCCCCCCC. The lowest BCUT2D eigenvalue weighted by molar-refractivity contribution is -0.359. The Morgan fingerprint density at radius 2 is 1.11 bits per heavy atom. The Morgan fingerprint density at radius 1 is 0.587 bits per heavy atom. The molecule has 2 aliphatic heterocycles. The molecule has 12 atom stereocenters. The highest BCUT2D eigenvalue weighted by Gasteiger charge is 2.50. The van der Waals surface area contributed by atoms with Crippen LogP contribution in [0.4, 0.5) is 0 Å². The van der Waals surface area contributed by atoms with E-state index in [1.54, 1.807) is 6.08 Å². The maximum absolute atomic E-state index is 13.1. The molecule has 0 aromatic rings. The van der Waals surface area contributed by atoms with Crippen LogP contribution in [0.3, 0.4) is 0 Å². The number of carbonyl (C=O) groups is 1. The zero-order chi connectivity index (χ0) is 46.1. The zero-order valence-electron chi connectivity index (χ0n) is 38.0. The van der Waals surface area contributed by atoms with E-state index in [1.807, 2.05) is 6.08 Å². The summed E-state index contributed by atoms with van der Waals surface area (Å²) < 4.78 is 22.6. The Hall–Kier alpha value is -2.57. The first-order chi connectivity index (χ1) is 30.6. The fraction of sp³-hybridized carbons (Fsp3) is 0.735. The van der Waals surface area contributed by atoms with Crippen molar-refractivity contribution in [3.05, 3.63) is 72.9 Å². The third-order valence-corrected chi connectivity index (χ3v) is 11.1. The summed E-state index contributed by atoms with van der Waals surface area (Å²) in [6.07, 6.45) is 26.6. The monoisotopic (exact) mass is 894 g/mol. The number of hydrogen-bond donors (Lipinski definition) is 9. The van der Waals surface area contributed by atoms with Crippen LogP contribution >= 0.6 is 0 Å². The van der Waals surface area contributed by atoms with Gasteiger partial charge in [-0.05, 0) is 77.0 Å². The maximum atomic E-state index is 13.1. The van der Waals surface area contributed by atoms with E-state index in [0.29, 0.717) is 12.8 Å². The van der Waals surface area contributed by atoms with Crippen LogP contribution in [0.25, 0.3) is 0 Å². The molecular formula is C49H83NO13. The number of aliphatic hydroxyl groups is 8. The summed E-state index contributed by atoms with van der Waals surface area (Å²) in [4.78, 5) is 13.1. The van der Waals surface area contributed by atoms with Crippen LogP contribution in [0.5, 0.6) is 0 Å². The van der Waals surface area contributed by atoms with Crippen molar-refractivity contribution in [3.8, 4) is 0 Å². The molecule has 0 saturated carbocycles. The van der Waals surface area contributed by atoms with Crippen molar-refractivity contribution in [3.63, 3.8) is 0 Å². The lowest BCUT2D eigenvalue weighted by Crippen LogP contribution is -2.65. The second kappa shape index (κ2) is 35.7. The molecule has 0 spiro atoms. The summed E-state index contributed by atoms with van der Waals surface area (Å²) in [6.45, 7) is 2.57. The highest BCUT2D eigenvalue weighted by Crippen LogP contribution is 2.30. The van der Waals surface area contributed by atoms with Gasteiger partial charge in [-0.3, -0.25) is 4.79 Å². The summed E-state index contributed by atoms with van der Waals surface area (Å²) >= 11 is 0. The Bertz CT molecular complexity index is 1330. The van der Waals surface area contributed by atoms with E-state index in [4.69, 9.17) is 18.9 Å². The standard InChI is InChI=1S/C49H83NO13/c1-3-5-7-9-11-13-15-17-18-19-21-22-24-26-28-30-32-38(53)37(50-41(54)33-31-29-27-25-23-20-16-14-12-10-8-6-4-2)36-60-48-46(59)44(57)47(40(35-52)62-48)63-49-45(58)43(56)42(55)39(34-51)61-49/h6,8,12,14,17-18,20,22-24,30,32,37-40,42-49,51-53,55-59H,3-5,7,9-11,13,15-16,19,21,25-29,31,33-36H2,1-2H3,(H,50,54)/b8-6-,14-12-,18-17+,23-20-,24-22+,32-30+. The summed E-state index contributed by atoms with van der Waals surface area (Å²) in [5, 5.41) is 86.5. The van der Waals surface area contributed by atoms with Gasteiger partial charge in [0, 0.05) is 6.42 Å². The molecule has 2 aliphatic rings. The van der Waals surface area contributed by atoms with Crippen LogP contribution in [0.15, 0.2) is 72.9 Å². The topological polar surface area (TPSA) is 228 Å².